The molecule has 3 aromatic rings. The number of carbonyl (C=O) groups excluding carboxylic acids is 1. The normalized spacial score (nSPS) is 11.3. The SMILES string of the molecule is O=C(Nc1cc(Cl)ccc1Cl)c1cc(S(=O)(=O)NCCc2ccccc2)ccc1F. The fraction of sp³-hybridized carbons (Fsp3) is 0.0952. The van der Waals surface area contributed by atoms with E-state index in [1.807, 2.05) is 30.3 Å². The Labute approximate surface area is 183 Å². The van der Waals surface area contributed by atoms with Crippen molar-refractivity contribution < 1.29 is 17.6 Å². The lowest BCUT2D eigenvalue weighted by Crippen LogP contribution is -2.26. The number of rotatable bonds is 7. The first kappa shape index (κ1) is 22.2. The maximum Gasteiger partial charge on any atom is 0.258 e. The van der Waals surface area contributed by atoms with E-state index >= 15 is 0 Å². The minimum Gasteiger partial charge on any atom is -0.320 e. The smallest absolute Gasteiger partial charge is 0.258 e. The van der Waals surface area contributed by atoms with Crippen molar-refractivity contribution in [2.24, 2.45) is 0 Å². The zero-order valence-electron chi connectivity index (χ0n) is 15.5. The average Bonchev–Trinajstić information content (AvgIpc) is 2.71. The highest BCUT2D eigenvalue weighted by atomic mass is 35.5. The molecule has 0 aliphatic rings. The molecule has 30 heavy (non-hydrogen) atoms. The van der Waals surface area contributed by atoms with Gasteiger partial charge in [-0.15, -0.1) is 0 Å². The van der Waals surface area contributed by atoms with Crippen molar-refractivity contribution in [2.45, 2.75) is 11.3 Å². The summed E-state index contributed by atoms with van der Waals surface area (Å²) in [6.45, 7) is 0.156. The van der Waals surface area contributed by atoms with Crippen molar-refractivity contribution in [2.75, 3.05) is 11.9 Å². The van der Waals surface area contributed by atoms with E-state index in [0.717, 1.165) is 23.8 Å². The molecule has 3 rings (SSSR count). The van der Waals surface area contributed by atoms with E-state index in [1.54, 1.807) is 0 Å². The van der Waals surface area contributed by atoms with E-state index < -0.39 is 27.3 Å². The van der Waals surface area contributed by atoms with Gasteiger partial charge in [0.2, 0.25) is 10.0 Å². The molecule has 0 aromatic heterocycles. The van der Waals surface area contributed by atoms with E-state index in [4.69, 9.17) is 23.2 Å². The molecule has 0 saturated heterocycles. The van der Waals surface area contributed by atoms with Gasteiger partial charge in [-0.25, -0.2) is 17.5 Å². The number of carbonyl (C=O) groups is 1. The third kappa shape index (κ3) is 5.58. The van der Waals surface area contributed by atoms with Crippen LogP contribution >= 0.6 is 23.2 Å². The van der Waals surface area contributed by atoms with E-state index in [-0.39, 0.29) is 22.2 Å². The van der Waals surface area contributed by atoms with Gasteiger partial charge in [0.1, 0.15) is 5.82 Å². The van der Waals surface area contributed by atoms with Crippen LogP contribution in [0.3, 0.4) is 0 Å². The van der Waals surface area contributed by atoms with E-state index in [1.165, 1.54) is 18.2 Å². The Kier molecular flexibility index (Phi) is 7.10. The Balaban J connectivity index is 1.76. The van der Waals surface area contributed by atoms with Crippen LogP contribution in [-0.4, -0.2) is 20.9 Å². The molecule has 0 atom stereocenters. The molecule has 0 spiro atoms. The molecule has 0 bridgehead atoms. The molecule has 0 unspecified atom stereocenters. The van der Waals surface area contributed by atoms with Gasteiger partial charge < -0.3 is 5.32 Å². The van der Waals surface area contributed by atoms with Crippen LogP contribution in [-0.2, 0) is 16.4 Å². The Hall–Kier alpha value is -2.45. The molecule has 2 N–H and O–H groups in total. The standard InChI is InChI=1S/C21H17Cl2FN2O3S/c22-15-6-8-18(23)20(12-15)26-21(27)17-13-16(7-9-19(17)24)30(28,29)25-11-10-14-4-2-1-3-5-14/h1-9,12-13,25H,10-11H2,(H,26,27). The molecule has 1 amide bonds. The summed E-state index contributed by atoms with van der Waals surface area (Å²) in [5.74, 6) is -1.72. The Morgan fingerprint density at radius 2 is 1.70 bits per heavy atom. The minimum absolute atomic E-state index is 0.156. The van der Waals surface area contributed by atoms with Gasteiger partial charge in [0.25, 0.3) is 5.91 Å². The third-order valence-electron chi connectivity index (χ3n) is 4.22. The largest absolute Gasteiger partial charge is 0.320 e. The van der Waals surface area contributed by atoms with Crippen LogP contribution in [0.4, 0.5) is 10.1 Å². The maximum atomic E-state index is 14.2. The number of hydrogen-bond acceptors (Lipinski definition) is 3. The van der Waals surface area contributed by atoms with Crippen LogP contribution in [0.15, 0.2) is 71.6 Å². The van der Waals surface area contributed by atoms with Gasteiger partial charge in [-0.05, 0) is 48.4 Å². The Morgan fingerprint density at radius 3 is 2.43 bits per heavy atom. The summed E-state index contributed by atoms with van der Waals surface area (Å²) in [7, 11) is -3.93. The lowest BCUT2D eigenvalue weighted by Gasteiger charge is -2.11. The number of nitrogens with one attached hydrogen (secondary N) is 2. The topological polar surface area (TPSA) is 75.3 Å². The molecule has 0 aliphatic heterocycles. The molecule has 5 nitrogen and oxygen atoms in total. The fourth-order valence-electron chi connectivity index (χ4n) is 2.69. The summed E-state index contributed by atoms with van der Waals surface area (Å²) in [4.78, 5) is 12.3. The van der Waals surface area contributed by atoms with Crippen molar-refractivity contribution in [3.63, 3.8) is 0 Å². The Morgan fingerprint density at radius 1 is 0.967 bits per heavy atom. The molecular formula is C21H17Cl2FN2O3S. The van der Waals surface area contributed by atoms with Crippen LogP contribution in [0.2, 0.25) is 10.0 Å². The molecular weight excluding hydrogens is 450 g/mol. The molecule has 0 radical (unpaired) electrons. The van der Waals surface area contributed by atoms with Crippen LogP contribution in [0, 0.1) is 5.82 Å². The monoisotopic (exact) mass is 466 g/mol. The summed E-state index contributed by atoms with van der Waals surface area (Å²) >= 11 is 11.9. The van der Waals surface area contributed by atoms with Crippen molar-refractivity contribution in [3.8, 4) is 0 Å². The number of amides is 1. The first-order valence-electron chi connectivity index (χ1n) is 8.86. The minimum atomic E-state index is -3.93. The molecule has 3 aromatic carbocycles. The number of hydrogen-bond donors (Lipinski definition) is 2. The van der Waals surface area contributed by atoms with Crippen LogP contribution < -0.4 is 10.0 Å². The van der Waals surface area contributed by atoms with Gasteiger partial charge in [-0.2, -0.15) is 0 Å². The number of sulfonamides is 1. The van der Waals surface area contributed by atoms with E-state index in [2.05, 4.69) is 10.0 Å². The summed E-state index contributed by atoms with van der Waals surface area (Å²) in [5, 5.41) is 2.98. The lowest BCUT2D eigenvalue weighted by molar-refractivity contribution is 0.102. The lowest BCUT2D eigenvalue weighted by atomic mass is 10.2. The average molecular weight is 467 g/mol. The fourth-order valence-corrected chi connectivity index (χ4v) is 4.08. The van der Waals surface area contributed by atoms with Gasteiger partial charge in [0.15, 0.2) is 0 Å². The molecule has 0 saturated carbocycles. The van der Waals surface area contributed by atoms with Gasteiger partial charge in [0.05, 0.1) is 21.2 Å². The second kappa shape index (κ2) is 9.57. The van der Waals surface area contributed by atoms with Gasteiger partial charge in [0, 0.05) is 11.6 Å². The van der Waals surface area contributed by atoms with Crippen molar-refractivity contribution >= 4 is 44.8 Å². The van der Waals surface area contributed by atoms with Gasteiger partial charge in [-0.1, -0.05) is 53.5 Å². The third-order valence-corrected chi connectivity index (χ3v) is 6.24. The molecule has 0 aliphatic carbocycles. The number of benzene rings is 3. The summed E-state index contributed by atoms with van der Waals surface area (Å²) in [5.41, 5.74) is 0.720. The first-order valence-corrected chi connectivity index (χ1v) is 11.1. The predicted octanol–water partition coefficient (Wildman–Crippen LogP) is 4.91. The highest BCUT2D eigenvalue weighted by Gasteiger charge is 2.20. The predicted molar refractivity (Wildman–Crippen MR) is 116 cm³/mol. The highest BCUT2D eigenvalue weighted by Crippen LogP contribution is 2.26. The van der Waals surface area contributed by atoms with Crippen LogP contribution in [0.5, 0.6) is 0 Å². The molecule has 0 heterocycles. The number of halogens is 3. The summed E-state index contributed by atoms with van der Waals surface area (Å²) in [6, 6.07) is 16.8. The summed E-state index contributed by atoms with van der Waals surface area (Å²) in [6.07, 6.45) is 0.488. The second-order valence-corrected chi connectivity index (χ2v) is 8.96. The van der Waals surface area contributed by atoms with Crippen molar-refractivity contribution in [1.29, 1.82) is 0 Å². The van der Waals surface area contributed by atoms with E-state index in [9.17, 15) is 17.6 Å². The summed E-state index contributed by atoms with van der Waals surface area (Å²) < 4.78 is 41.8. The van der Waals surface area contributed by atoms with Gasteiger partial charge in [-0.3, -0.25) is 4.79 Å². The maximum absolute atomic E-state index is 14.2. The van der Waals surface area contributed by atoms with Crippen molar-refractivity contribution in [1.82, 2.24) is 4.72 Å². The van der Waals surface area contributed by atoms with Crippen LogP contribution in [0.25, 0.3) is 0 Å². The quantitative estimate of drug-likeness (QED) is 0.519. The second-order valence-electron chi connectivity index (χ2n) is 6.35. The first-order chi connectivity index (χ1) is 14.3. The Bertz CT molecular complexity index is 1170. The zero-order chi connectivity index (χ0) is 21.7. The van der Waals surface area contributed by atoms with Crippen LogP contribution in [0.1, 0.15) is 15.9 Å². The number of anilines is 1. The molecule has 9 heteroatoms. The highest BCUT2D eigenvalue weighted by molar-refractivity contribution is 7.89. The zero-order valence-corrected chi connectivity index (χ0v) is 17.9. The molecule has 0 fully saturated rings. The van der Waals surface area contributed by atoms with Crippen molar-refractivity contribution in [3.05, 3.63) is 93.7 Å². The van der Waals surface area contributed by atoms with Gasteiger partial charge >= 0.3 is 0 Å². The molecule has 156 valence electrons. The van der Waals surface area contributed by atoms with E-state index in [0.29, 0.717) is 11.4 Å².